The molecule has 0 spiro atoms. The highest BCUT2D eigenvalue weighted by Gasteiger charge is 2.41. The van der Waals surface area contributed by atoms with Crippen LogP contribution in [-0.4, -0.2) is 61.3 Å². The van der Waals surface area contributed by atoms with E-state index in [-0.39, 0.29) is 41.9 Å². The molecule has 0 radical (unpaired) electrons. The summed E-state index contributed by atoms with van der Waals surface area (Å²) < 4.78 is 54.2. The molecule has 0 unspecified atom stereocenters. The quantitative estimate of drug-likeness (QED) is 0.228. The molecular formula is C30H38ClF3N6O3. The summed E-state index contributed by atoms with van der Waals surface area (Å²) in [5, 5.41) is -0.00328. The van der Waals surface area contributed by atoms with Crippen molar-refractivity contribution in [3.8, 4) is 5.75 Å². The fourth-order valence-electron chi connectivity index (χ4n) is 5.48. The molecule has 1 aliphatic rings. The number of imidazole rings is 1. The van der Waals surface area contributed by atoms with Gasteiger partial charge in [0.1, 0.15) is 6.61 Å². The van der Waals surface area contributed by atoms with Crippen LogP contribution >= 0.6 is 11.6 Å². The number of carbonyl (C=O) groups excluding carboxylic acids is 1. The Bertz CT molecular complexity index is 1310. The molecule has 1 aliphatic heterocycles. The number of carbonyl (C=O) groups is 1. The van der Waals surface area contributed by atoms with Crippen LogP contribution in [0, 0.1) is 0 Å². The lowest BCUT2D eigenvalue weighted by atomic mass is 9.87. The number of halogens is 4. The van der Waals surface area contributed by atoms with Crippen molar-refractivity contribution < 1.29 is 27.4 Å². The zero-order valence-corrected chi connectivity index (χ0v) is 25.6. The van der Waals surface area contributed by atoms with Crippen LogP contribution in [0.15, 0.2) is 49.3 Å². The molecule has 4 rings (SSSR count). The van der Waals surface area contributed by atoms with Gasteiger partial charge in [0.05, 0.1) is 36.9 Å². The monoisotopic (exact) mass is 622 g/mol. The van der Waals surface area contributed by atoms with Gasteiger partial charge in [0, 0.05) is 42.1 Å². The van der Waals surface area contributed by atoms with Crippen LogP contribution < -0.4 is 9.64 Å². The summed E-state index contributed by atoms with van der Waals surface area (Å²) in [7, 11) is 0. The molecule has 1 fully saturated rings. The molecule has 9 nitrogen and oxygen atoms in total. The average molecular weight is 623 g/mol. The molecule has 43 heavy (non-hydrogen) atoms. The lowest BCUT2D eigenvalue weighted by Crippen LogP contribution is -2.57. The lowest BCUT2D eigenvalue weighted by molar-refractivity contribution is -0.137. The molecule has 13 heteroatoms. The maximum atomic E-state index is 13.6. The highest BCUT2D eigenvalue weighted by atomic mass is 35.5. The smallest absolute Gasteiger partial charge is 0.416 e. The van der Waals surface area contributed by atoms with Crippen molar-refractivity contribution in [2.75, 3.05) is 11.5 Å². The number of likely N-dealkylation sites (tertiary alicyclic amines) is 1. The Hall–Kier alpha value is -3.54. The summed E-state index contributed by atoms with van der Waals surface area (Å²) in [6.45, 7) is 8.73. The first-order valence-electron chi connectivity index (χ1n) is 14.5. The molecule has 0 saturated carbocycles. The molecule has 234 valence electrons. The van der Waals surface area contributed by atoms with E-state index in [2.05, 4.69) is 15.0 Å². The Morgan fingerprint density at radius 2 is 1.79 bits per heavy atom. The van der Waals surface area contributed by atoms with Gasteiger partial charge in [-0.2, -0.15) is 13.2 Å². The zero-order valence-electron chi connectivity index (χ0n) is 24.8. The Labute approximate surface area is 255 Å². The number of alkyl halides is 3. The van der Waals surface area contributed by atoms with E-state index in [0.29, 0.717) is 56.1 Å². The van der Waals surface area contributed by atoms with Gasteiger partial charge in [-0.3, -0.25) is 0 Å². The SMILES string of the molecule is CC[C@@H]1C[C@H](N(Cc2cc(Cl)cc(C(F)(F)F)c2)c2ncc(OCCn3ccnc3)cn2)C[C@H](CC)N1C(=O)OC(C)C. The van der Waals surface area contributed by atoms with Crippen molar-refractivity contribution in [1.82, 2.24) is 24.4 Å². The second-order valence-electron chi connectivity index (χ2n) is 10.9. The van der Waals surface area contributed by atoms with Gasteiger partial charge < -0.3 is 23.8 Å². The number of ether oxygens (including phenoxy) is 2. The topological polar surface area (TPSA) is 85.6 Å². The first-order valence-corrected chi connectivity index (χ1v) is 14.9. The molecule has 0 bridgehead atoms. The standard InChI is InChI=1S/C30H38ClF3N6O3/c1-5-24-14-26(15-25(6-2)40(24)29(41)43-20(3)4)39(18-21-11-22(30(32,33)34)13-23(31)12-21)28-36-16-27(17-37-28)42-10-9-38-8-7-35-19-38/h7-8,11-13,16-17,19-20,24-26H,5-6,9-10,14-15,18H2,1-4H3/t24-,25+,26+. The largest absolute Gasteiger partial charge is 0.488 e. The number of piperidine rings is 1. The molecule has 3 aromatic rings. The van der Waals surface area contributed by atoms with Gasteiger partial charge in [-0.25, -0.2) is 19.7 Å². The number of anilines is 1. The third kappa shape index (κ3) is 8.52. The van der Waals surface area contributed by atoms with Gasteiger partial charge in [0.25, 0.3) is 0 Å². The van der Waals surface area contributed by atoms with Crippen molar-refractivity contribution >= 4 is 23.6 Å². The number of nitrogens with zero attached hydrogens (tertiary/aromatic N) is 6. The van der Waals surface area contributed by atoms with E-state index in [1.165, 1.54) is 6.07 Å². The third-order valence-electron chi connectivity index (χ3n) is 7.49. The summed E-state index contributed by atoms with van der Waals surface area (Å²) in [6, 6.07) is 3.12. The minimum Gasteiger partial charge on any atom is -0.488 e. The van der Waals surface area contributed by atoms with Crippen LogP contribution in [0.4, 0.5) is 23.9 Å². The van der Waals surface area contributed by atoms with Crippen molar-refractivity contribution in [1.29, 1.82) is 0 Å². The van der Waals surface area contributed by atoms with E-state index < -0.39 is 11.7 Å². The van der Waals surface area contributed by atoms with Gasteiger partial charge in [-0.15, -0.1) is 0 Å². The third-order valence-corrected chi connectivity index (χ3v) is 7.71. The van der Waals surface area contributed by atoms with E-state index in [1.807, 2.05) is 48.3 Å². The van der Waals surface area contributed by atoms with Crippen molar-refractivity contribution in [2.45, 2.75) is 96.9 Å². The van der Waals surface area contributed by atoms with Crippen LogP contribution in [0.5, 0.6) is 5.75 Å². The zero-order chi connectivity index (χ0) is 31.1. The summed E-state index contributed by atoms with van der Waals surface area (Å²) in [5.74, 6) is 0.818. The Kier molecular flexibility index (Phi) is 10.8. The fraction of sp³-hybridized carbons (Fsp3) is 0.533. The molecule has 0 aliphatic carbocycles. The van der Waals surface area contributed by atoms with Crippen LogP contribution in [0.1, 0.15) is 64.5 Å². The van der Waals surface area contributed by atoms with Gasteiger partial charge in [-0.1, -0.05) is 25.4 Å². The van der Waals surface area contributed by atoms with E-state index >= 15 is 0 Å². The summed E-state index contributed by atoms with van der Waals surface area (Å²) in [4.78, 5) is 30.0. The normalized spacial score (nSPS) is 19.0. The predicted octanol–water partition coefficient (Wildman–Crippen LogP) is 7.00. The first-order chi connectivity index (χ1) is 20.5. The van der Waals surface area contributed by atoms with Crippen molar-refractivity contribution in [3.05, 3.63) is 65.5 Å². The molecule has 1 aromatic carbocycles. The molecule has 1 saturated heterocycles. The summed E-state index contributed by atoms with van der Waals surface area (Å²) in [6.07, 6.45) is 5.71. The Balaban J connectivity index is 1.62. The summed E-state index contributed by atoms with van der Waals surface area (Å²) >= 11 is 6.13. The Morgan fingerprint density at radius 3 is 2.35 bits per heavy atom. The van der Waals surface area contributed by atoms with Crippen molar-refractivity contribution in [3.63, 3.8) is 0 Å². The van der Waals surface area contributed by atoms with Gasteiger partial charge in [0.2, 0.25) is 5.95 Å². The first kappa shape index (κ1) is 32.4. The van der Waals surface area contributed by atoms with E-state index in [9.17, 15) is 18.0 Å². The molecule has 2 aromatic heterocycles. The minimum absolute atomic E-state index is 0.00328. The van der Waals surface area contributed by atoms with Crippen molar-refractivity contribution in [2.24, 2.45) is 0 Å². The van der Waals surface area contributed by atoms with Crippen LogP contribution in [0.3, 0.4) is 0 Å². The molecule has 0 N–H and O–H groups in total. The number of benzene rings is 1. The van der Waals surface area contributed by atoms with E-state index in [1.54, 1.807) is 24.9 Å². The number of amides is 1. The fourth-order valence-corrected chi connectivity index (χ4v) is 5.73. The highest BCUT2D eigenvalue weighted by Crippen LogP contribution is 2.36. The average Bonchev–Trinajstić information content (AvgIpc) is 3.48. The van der Waals surface area contributed by atoms with E-state index in [0.717, 1.165) is 12.1 Å². The number of rotatable bonds is 11. The summed E-state index contributed by atoms with van der Waals surface area (Å²) in [5.41, 5.74) is -0.437. The second kappa shape index (κ2) is 14.3. The van der Waals surface area contributed by atoms with Crippen LogP contribution in [0.25, 0.3) is 0 Å². The minimum atomic E-state index is -4.54. The maximum Gasteiger partial charge on any atom is 0.416 e. The van der Waals surface area contributed by atoms with Gasteiger partial charge in [-0.05, 0) is 63.3 Å². The van der Waals surface area contributed by atoms with Gasteiger partial charge >= 0.3 is 12.3 Å². The highest BCUT2D eigenvalue weighted by molar-refractivity contribution is 6.30. The van der Waals surface area contributed by atoms with Gasteiger partial charge in [0.15, 0.2) is 5.75 Å². The molecular weight excluding hydrogens is 585 g/mol. The molecule has 3 heterocycles. The van der Waals surface area contributed by atoms with Crippen LogP contribution in [0.2, 0.25) is 5.02 Å². The predicted molar refractivity (Wildman–Crippen MR) is 157 cm³/mol. The number of hydrogen-bond acceptors (Lipinski definition) is 7. The molecule has 3 atom stereocenters. The van der Waals surface area contributed by atoms with E-state index in [4.69, 9.17) is 21.1 Å². The molecule has 1 amide bonds. The maximum absolute atomic E-state index is 13.6. The number of hydrogen-bond donors (Lipinski definition) is 0. The number of aromatic nitrogens is 4. The Morgan fingerprint density at radius 1 is 1.12 bits per heavy atom. The lowest BCUT2D eigenvalue weighted by Gasteiger charge is -2.47. The van der Waals surface area contributed by atoms with Crippen LogP contribution in [-0.2, 0) is 24.0 Å². The second-order valence-corrected chi connectivity index (χ2v) is 11.4.